The average molecular weight is 460 g/mol. The van der Waals surface area contributed by atoms with E-state index in [-0.39, 0.29) is 12.4 Å². The smallest absolute Gasteiger partial charge is 0.167 e. The molecule has 2 heterocycles. The number of halogens is 2. The van der Waals surface area contributed by atoms with E-state index in [0.29, 0.717) is 33.9 Å². The molecular formula is C23H23Cl2N3O3. The molecule has 0 spiro atoms. The highest BCUT2D eigenvalue weighted by Gasteiger charge is 2.14. The van der Waals surface area contributed by atoms with E-state index in [1.807, 2.05) is 24.3 Å². The van der Waals surface area contributed by atoms with Gasteiger partial charge in [-0.1, -0.05) is 35.0 Å². The Morgan fingerprint density at radius 2 is 2.03 bits per heavy atom. The Bertz CT molecular complexity index is 1090. The van der Waals surface area contributed by atoms with Gasteiger partial charge in [-0.05, 0) is 36.8 Å². The molecular weight excluding hydrogens is 437 g/mol. The minimum atomic E-state index is 0. The summed E-state index contributed by atoms with van der Waals surface area (Å²) in [6, 6.07) is 15.1. The maximum atomic E-state index is 9.75. The predicted molar refractivity (Wildman–Crippen MR) is 124 cm³/mol. The number of allylic oxidation sites excluding steroid dienone is 1. The molecule has 0 bridgehead atoms. The Morgan fingerprint density at radius 1 is 1.23 bits per heavy atom. The molecule has 2 aromatic carbocycles. The van der Waals surface area contributed by atoms with Gasteiger partial charge in [0, 0.05) is 30.2 Å². The second kappa shape index (κ2) is 11.2. The zero-order chi connectivity index (χ0) is 20.8. The van der Waals surface area contributed by atoms with Gasteiger partial charge in [-0.3, -0.25) is 4.90 Å². The van der Waals surface area contributed by atoms with Crippen LogP contribution in [0, 0.1) is 11.3 Å². The minimum Gasteiger partial charge on any atom is -0.493 e. The molecule has 8 heteroatoms. The van der Waals surface area contributed by atoms with Crippen molar-refractivity contribution >= 4 is 46.6 Å². The molecule has 0 unspecified atom stereocenters. The van der Waals surface area contributed by atoms with E-state index in [2.05, 4.69) is 16.1 Å². The number of morpholine rings is 1. The van der Waals surface area contributed by atoms with E-state index in [0.717, 1.165) is 50.6 Å². The summed E-state index contributed by atoms with van der Waals surface area (Å²) in [5, 5.41) is 15.1. The first kappa shape index (κ1) is 23.1. The monoisotopic (exact) mass is 459 g/mol. The number of hydrogen-bond donors (Lipinski definition) is 0. The molecule has 1 fully saturated rings. The highest BCUT2D eigenvalue weighted by atomic mass is 35.5. The minimum absolute atomic E-state index is 0. The lowest BCUT2D eigenvalue weighted by Gasteiger charge is -2.26. The Kier molecular flexibility index (Phi) is 8.33. The summed E-state index contributed by atoms with van der Waals surface area (Å²) >= 11 is 6.11. The third-order valence-corrected chi connectivity index (χ3v) is 5.24. The Morgan fingerprint density at radius 3 is 2.84 bits per heavy atom. The number of aromatic nitrogens is 1. The zero-order valence-electron chi connectivity index (χ0n) is 16.9. The van der Waals surface area contributed by atoms with Crippen LogP contribution in [0.15, 0.2) is 47.0 Å². The molecule has 1 aromatic heterocycles. The number of para-hydroxylation sites is 1. The van der Waals surface area contributed by atoms with Crippen molar-refractivity contribution in [2.45, 2.75) is 6.42 Å². The quantitative estimate of drug-likeness (QED) is 0.362. The van der Waals surface area contributed by atoms with Crippen LogP contribution in [0.5, 0.6) is 5.75 Å². The van der Waals surface area contributed by atoms with Crippen LogP contribution in [0.1, 0.15) is 17.7 Å². The van der Waals surface area contributed by atoms with Gasteiger partial charge < -0.3 is 14.0 Å². The van der Waals surface area contributed by atoms with Crippen LogP contribution in [-0.4, -0.2) is 49.5 Å². The molecule has 0 atom stereocenters. The first-order valence-electron chi connectivity index (χ1n) is 9.93. The van der Waals surface area contributed by atoms with Gasteiger partial charge in [-0.15, -0.1) is 12.4 Å². The van der Waals surface area contributed by atoms with Crippen LogP contribution in [-0.2, 0) is 4.74 Å². The number of hydrogen-bond acceptors (Lipinski definition) is 6. The normalized spacial score (nSPS) is 14.8. The van der Waals surface area contributed by atoms with Gasteiger partial charge in [-0.2, -0.15) is 5.26 Å². The third-order valence-electron chi connectivity index (χ3n) is 5.01. The molecule has 0 saturated carbocycles. The highest BCUT2D eigenvalue weighted by molar-refractivity contribution is 6.31. The molecule has 0 radical (unpaired) electrons. The summed E-state index contributed by atoms with van der Waals surface area (Å²) in [6.45, 7) is 5.13. The number of benzene rings is 2. The van der Waals surface area contributed by atoms with Crippen LogP contribution < -0.4 is 4.74 Å². The maximum Gasteiger partial charge on any atom is 0.167 e. The fourth-order valence-corrected chi connectivity index (χ4v) is 3.61. The van der Waals surface area contributed by atoms with Gasteiger partial charge in [0.15, 0.2) is 5.58 Å². The van der Waals surface area contributed by atoms with Gasteiger partial charge >= 0.3 is 0 Å². The maximum absolute atomic E-state index is 9.75. The van der Waals surface area contributed by atoms with Crippen molar-refractivity contribution < 1.29 is 14.0 Å². The van der Waals surface area contributed by atoms with E-state index in [1.54, 1.807) is 24.3 Å². The Labute approximate surface area is 192 Å². The standard InChI is InChI=1S/C23H22ClN3O3.ClH/c24-19-6-7-22-20(15-19)23(26-30-22)18(16-25)14-17-4-1-2-5-21(17)29-11-3-8-27-9-12-28-13-10-27;/h1-2,4-7,14-15H,3,8-13H2;1H/b18-14+;. The number of nitriles is 1. The number of fused-ring (bicyclic) bond motifs is 1. The number of rotatable bonds is 7. The van der Waals surface area contributed by atoms with E-state index in [1.165, 1.54) is 0 Å². The molecule has 4 rings (SSSR count). The van der Waals surface area contributed by atoms with Crippen molar-refractivity contribution in [2.75, 3.05) is 39.5 Å². The summed E-state index contributed by atoms with van der Waals surface area (Å²) in [5.74, 6) is 0.734. The summed E-state index contributed by atoms with van der Waals surface area (Å²) in [7, 11) is 0. The summed E-state index contributed by atoms with van der Waals surface area (Å²) in [4.78, 5) is 2.38. The second-order valence-electron chi connectivity index (χ2n) is 7.04. The van der Waals surface area contributed by atoms with Crippen molar-refractivity contribution in [3.63, 3.8) is 0 Å². The largest absolute Gasteiger partial charge is 0.493 e. The molecule has 1 saturated heterocycles. The first-order valence-corrected chi connectivity index (χ1v) is 10.3. The predicted octanol–water partition coefficient (Wildman–Crippen LogP) is 5.07. The van der Waals surface area contributed by atoms with Crippen LogP contribution in [0.25, 0.3) is 22.6 Å². The molecule has 3 aromatic rings. The van der Waals surface area contributed by atoms with Crippen LogP contribution in [0.2, 0.25) is 5.02 Å². The molecule has 31 heavy (non-hydrogen) atoms. The Hall–Kier alpha value is -2.56. The van der Waals surface area contributed by atoms with Crippen molar-refractivity contribution in [3.05, 3.63) is 58.7 Å². The van der Waals surface area contributed by atoms with E-state index in [9.17, 15) is 5.26 Å². The fourth-order valence-electron chi connectivity index (χ4n) is 3.44. The zero-order valence-corrected chi connectivity index (χ0v) is 18.5. The average Bonchev–Trinajstić information content (AvgIpc) is 3.19. The van der Waals surface area contributed by atoms with E-state index >= 15 is 0 Å². The van der Waals surface area contributed by atoms with Crippen molar-refractivity contribution in [2.24, 2.45) is 0 Å². The second-order valence-corrected chi connectivity index (χ2v) is 7.47. The van der Waals surface area contributed by atoms with E-state index in [4.69, 9.17) is 25.6 Å². The summed E-state index contributed by atoms with van der Waals surface area (Å²) < 4.78 is 16.7. The highest BCUT2D eigenvalue weighted by Crippen LogP contribution is 2.30. The molecule has 1 aliphatic heterocycles. The van der Waals surface area contributed by atoms with Crippen LogP contribution in [0.4, 0.5) is 0 Å². The third kappa shape index (κ3) is 5.78. The van der Waals surface area contributed by atoms with Crippen LogP contribution >= 0.6 is 24.0 Å². The van der Waals surface area contributed by atoms with Crippen LogP contribution in [0.3, 0.4) is 0 Å². The van der Waals surface area contributed by atoms with Crippen molar-refractivity contribution in [3.8, 4) is 11.8 Å². The lowest BCUT2D eigenvalue weighted by Crippen LogP contribution is -2.37. The topological polar surface area (TPSA) is 71.5 Å². The summed E-state index contributed by atoms with van der Waals surface area (Å²) in [5.41, 5.74) is 2.26. The lowest BCUT2D eigenvalue weighted by molar-refractivity contribution is 0.0358. The Balaban J connectivity index is 0.00000272. The van der Waals surface area contributed by atoms with Gasteiger partial charge in [-0.25, -0.2) is 0 Å². The number of nitrogens with zero attached hydrogens (tertiary/aromatic N) is 3. The molecule has 0 aliphatic carbocycles. The first-order chi connectivity index (χ1) is 14.7. The van der Waals surface area contributed by atoms with Gasteiger partial charge in [0.1, 0.15) is 17.5 Å². The summed E-state index contributed by atoms with van der Waals surface area (Å²) in [6.07, 6.45) is 2.70. The SMILES string of the molecule is Cl.N#C/C(=C\c1ccccc1OCCCN1CCOCC1)c1noc2ccc(Cl)cc12. The van der Waals surface area contributed by atoms with Crippen molar-refractivity contribution in [1.29, 1.82) is 5.26 Å². The number of ether oxygens (including phenoxy) is 2. The van der Waals surface area contributed by atoms with Gasteiger partial charge in [0.05, 0.1) is 30.8 Å². The van der Waals surface area contributed by atoms with E-state index < -0.39 is 0 Å². The molecule has 6 nitrogen and oxygen atoms in total. The van der Waals surface area contributed by atoms with Gasteiger partial charge in [0.25, 0.3) is 0 Å². The fraction of sp³-hybridized carbons (Fsp3) is 0.304. The molecule has 0 amide bonds. The molecule has 0 N–H and O–H groups in total. The lowest BCUT2D eigenvalue weighted by atomic mass is 10.1. The molecule has 1 aliphatic rings. The molecule has 162 valence electrons. The van der Waals surface area contributed by atoms with Gasteiger partial charge in [0.2, 0.25) is 0 Å². The van der Waals surface area contributed by atoms with Crippen molar-refractivity contribution in [1.82, 2.24) is 10.1 Å².